The van der Waals surface area contributed by atoms with Crippen LogP contribution in [-0.4, -0.2) is 24.6 Å². The zero-order chi connectivity index (χ0) is 23.4. The number of anilines is 1. The van der Waals surface area contributed by atoms with Crippen LogP contribution in [0, 0.1) is 0 Å². The summed E-state index contributed by atoms with van der Waals surface area (Å²) in [5, 5.41) is 4.56. The fourth-order valence-corrected chi connectivity index (χ4v) is 4.79. The molecule has 0 saturated carbocycles. The number of hydrogen-bond donors (Lipinski definition) is 1. The number of nitrogens with zero attached hydrogens (tertiary/aromatic N) is 1. The number of para-hydroxylation sites is 1. The summed E-state index contributed by atoms with van der Waals surface area (Å²) in [7, 11) is -3.38. The van der Waals surface area contributed by atoms with Crippen molar-refractivity contribution >= 4 is 32.2 Å². The Morgan fingerprint density at radius 1 is 0.909 bits per heavy atom. The Balaban J connectivity index is 1.42. The van der Waals surface area contributed by atoms with Crippen molar-refractivity contribution in [2.24, 2.45) is 0 Å². The molecule has 1 aromatic heterocycles. The van der Waals surface area contributed by atoms with Gasteiger partial charge in [0.25, 0.3) is 5.91 Å². The molecular formula is C25H22N2O4S2. The molecule has 0 unspecified atom stereocenters. The third-order valence-electron chi connectivity index (χ3n) is 4.92. The van der Waals surface area contributed by atoms with Crippen LogP contribution in [0.5, 0.6) is 11.5 Å². The molecule has 8 heteroatoms. The molecule has 0 saturated heterocycles. The molecule has 4 aromatic rings. The van der Waals surface area contributed by atoms with Gasteiger partial charge in [-0.2, -0.15) is 0 Å². The quantitative estimate of drug-likeness (QED) is 0.350. The average Bonchev–Trinajstić information content (AvgIpc) is 3.28. The summed E-state index contributed by atoms with van der Waals surface area (Å²) < 4.78 is 30.3. The summed E-state index contributed by atoms with van der Waals surface area (Å²) in [6.45, 7) is 3.25. The van der Waals surface area contributed by atoms with Gasteiger partial charge in [0.2, 0.25) is 0 Å². The molecule has 4 rings (SSSR count). The van der Waals surface area contributed by atoms with Crippen molar-refractivity contribution in [2.75, 3.05) is 5.32 Å². The summed E-state index contributed by atoms with van der Waals surface area (Å²) in [6, 6.07) is 23.0. The van der Waals surface area contributed by atoms with E-state index in [9.17, 15) is 13.2 Å². The number of thiazole rings is 1. The zero-order valence-corrected chi connectivity index (χ0v) is 19.7. The third kappa shape index (κ3) is 5.30. The highest BCUT2D eigenvalue weighted by Gasteiger charge is 2.19. The van der Waals surface area contributed by atoms with Gasteiger partial charge in [-0.3, -0.25) is 10.1 Å². The summed E-state index contributed by atoms with van der Waals surface area (Å²) in [5.41, 5.74) is 1.99. The molecule has 0 aliphatic heterocycles. The van der Waals surface area contributed by atoms with Crippen LogP contribution >= 0.6 is 11.3 Å². The highest BCUT2D eigenvalue weighted by Crippen LogP contribution is 2.28. The van der Waals surface area contributed by atoms with Crippen molar-refractivity contribution in [3.8, 4) is 22.8 Å². The highest BCUT2D eigenvalue weighted by molar-refractivity contribution is 7.92. The number of nitrogens with one attached hydrogen (secondary N) is 1. The fourth-order valence-electron chi connectivity index (χ4n) is 3.02. The van der Waals surface area contributed by atoms with Gasteiger partial charge in [0.05, 0.1) is 15.8 Å². The molecule has 0 aliphatic rings. The lowest BCUT2D eigenvalue weighted by Gasteiger charge is -2.08. The number of sulfone groups is 1. The molecule has 0 radical (unpaired) electrons. The zero-order valence-electron chi connectivity index (χ0n) is 18.1. The van der Waals surface area contributed by atoms with Crippen molar-refractivity contribution in [3.05, 3.63) is 89.8 Å². The smallest absolute Gasteiger partial charge is 0.257 e. The lowest BCUT2D eigenvalue weighted by Crippen LogP contribution is -2.15. The summed E-state index contributed by atoms with van der Waals surface area (Å²) >= 11 is 1.32. The predicted octanol–water partition coefficient (Wildman–Crippen LogP) is 6.04. The Kier molecular flexibility index (Phi) is 6.57. The Morgan fingerprint density at radius 2 is 1.55 bits per heavy atom. The molecular weight excluding hydrogens is 456 g/mol. The van der Waals surface area contributed by atoms with Crippen molar-refractivity contribution in [3.63, 3.8) is 0 Å². The lowest BCUT2D eigenvalue weighted by molar-refractivity contribution is 0.102. The van der Waals surface area contributed by atoms with Crippen LogP contribution in [0.4, 0.5) is 5.13 Å². The Bertz CT molecular complexity index is 1350. The first-order valence-electron chi connectivity index (χ1n) is 10.3. The average molecular weight is 479 g/mol. The number of carbonyl (C=O) groups excluding carboxylic acids is 1. The van der Waals surface area contributed by atoms with Crippen LogP contribution in [0.25, 0.3) is 11.3 Å². The van der Waals surface area contributed by atoms with E-state index in [1.165, 1.54) is 35.6 Å². The van der Waals surface area contributed by atoms with E-state index in [1.54, 1.807) is 13.8 Å². The Morgan fingerprint density at radius 3 is 2.18 bits per heavy atom. The van der Waals surface area contributed by atoms with Gasteiger partial charge in [-0.05, 0) is 74.5 Å². The Labute approximate surface area is 196 Å². The van der Waals surface area contributed by atoms with Crippen LogP contribution in [-0.2, 0) is 9.84 Å². The minimum atomic E-state index is -3.38. The second-order valence-corrected chi connectivity index (χ2v) is 10.9. The first-order chi connectivity index (χ1) is 15.8. The summed E-state index contributed by atoms with van der Waals surface area (Å²) in [6.07, 6.45) is 0. The van der Waals surface area contributed by atoms with Crippen molar-refractivity contribution in [1.29, 1.82) is 0 Å². The van der Waals surface area contributed by atoms with Gasteiger partial charge in [0, 0.05) is 16.5 Å². The second-order valence-electron chi connectivity index (χ2n) is 7.55. The molecule has 0 atom stereocenters. The van der Waals surface area contributed by atoms with Gasteiger partial charge in [0.15, 0.2) is 15.0 Å². The first kappa shape index (κ1) is 22.7. The van der Waals surface area contributed by atoms with Crippen LogP contribution in [0.3, 0.4) is 0 Å². The van der Waals surface area contributed by atoms with E-state index >= 15 is 0 Å². The molecule has 1 heterocycles. The van der Waals surface area contributed by atoms with Gasteiger partial charge in [0.1, 0.15) is 11.5 Å². The van der Waals surface area contributed by atoms with E-state index in [1.807, 2.05) is 60.0 Å². The van der Waals surface area contributed by atoms with E-state index in [4.69, 9.17) is 4.74 Å². The largest absolute Gasteiger partial charge is 0.457 e. The van der Waals surface area contributed by atoms with E-state index in [2.05, 4.69) is 10.3 Å². The van der Waals surface area contributed by atoms with E-state index < -0.39 is 15.1 Å². The highest BCUT2D eigenvalue weighted by atomic mass is 32.2. The second kappa shape index (κ2) is 9.56. The molecule has 1 N–H and O–H groups in total. The number of hydrogen-bond acceptors (Lipinski definition) is 6. The lowest BCUT2D eigenvalue weighted by atomic mass is 10.2. The van der Waals surface area contributed by atoms with Crippen molar-refractivity contribution in [2.45, 2.75) is 24.0 Å². The fraction of sp³-hybridized carbons (Fsp3) is 0.120. The van der Waals surface area contributed by atoms with Crippen LogP contribution in [0.1, 0.15) is 24.2 Å². The van der Waals surface area contributed by atoms with Crippen molar-refractivity contribution < 1.29 is 17.9 Å². The SMILES string of the molecule is CC(C)S(=O)(=O)c1ccc(C(=O)Nc2nc(-c3ccc(Oc4ccccc4)cc3)cs2)cc1. The first-order valence-corrected chi connectivity index (χ1v) is 12.7. The molecule has 6 nitrogen and oxygen atoms in total. The molecule has 33 heavy (non-hydrogen) atoms. The maximum absolute atomic E-state index is 12.6. The van der Waals surface area contributed by atoms with E-state index in [-0.39, 0.29) is 10.8 Å². The van der Waals surface area contributed by atoms with Gasteiger partial charge in [-0.15, -0.1) is 11.3 Å². The molecule has 0 fully saturated rings. The molecule has 168 valence electrons. The minimum absolute atomic E-state index is 0.199. The van der Waals surface area contributed by atoms with Crippen LogP contribution < -0.4 is 10.1 Å². The maximum Gasteiger partial charge on any atom is 0.257 e. The topological polar surface area (TPSA) is 85.4 Å². The number of carbonyl (C=O) groups is 1. The molecule has 1 amide bonds. The number of amides is 1. The van der Waals surface area contributed by atoms with E-state index in [0.717, 1.165) is 22.8 Å². The normalized spacial score (nSPS) is 11.4. The number of rotatable bonds is 7. The number of benzene rings is 3. The van der Waals surface area contributed by atoms with E-state index in [0.29, 0.717) is 10.7 Å². The molecule has 0 spiro atoms. The number of aromatic nitrogens is 1. The minimum Gasteiger partial charge on any atom is -0.457 e. The van der Waals surface area contributed by atoms with Crippen LogP contribution in [0.2, 0.25) is 0 Å². The van der Waals surface area contributed by atoms with Gasteiger partial charge in [-0.1, -0.05) is 18.2 Å². The predicted molar refractivity (Wildman–Crippen MR) is 131 cm³/mol. The standard InChI is InChI=1S/C25H22N2O4S2/c1-17(2)33(29,30)22-14-10-19(11-15-22)24(28)27-25-26-23(16-32-25)18-8-12-21(13-9-18)31-20-6-4-3-5-7-20/h3-17H,1-2H3,(H,26,27,28). The Hall–Kier alpha value is -3.49. The van der Waals surface area contributed by atoms with Gasteiger partial charge in [-0.25, -0.2) is 13.4 Å². The monoisotopic (exact) mass is 478 g/mol. The van der Waals surface area contributed by atoms with Gasteiger partial charge >= 0.3 is 0 Å². The summed E-state index contributed by atoms with van der Waals surface area (Å²) in [4.78, 5) is 17.3. The summed E-state index contributed by atoms with van der Waals surface area (Å²) in [5.74, 6) is 1.13. The van der Waals surface area contributed by atoms with Crippen LogP contribution in [0.15, 0.2) is 89.1 Å². The number of ether oxygens (including phenoxy) is 1. The third-order valence-corrected chi connectivity index (χ3v) is 7.85. The van der Waals surface area contributed by atoms with Crippen molar-refractivity contribution in [1.82, 2.24) is 4.98 Å². The molecule has 0 aliphatic carbocycles. The van der Waals surface area contributed by atoms with Gasteiger partial charge < -0.3 is 4.74 Å². The molecule has 0 bridgehead atoms. The molecule has 3 aromatic carbocycles. The maximum atomic E-state index is 12.6.